The third kappa shape index (κ3) is 2.06. The molecule has 1 aliphatic carbocycles. The van der Waals surface area contributed by atoms with Gasteiger partial charge >= 0.3 is 0 Å². The molecule has 0 unspecified atom stereocenters. The number of benzene rings is 2. The summed E-state index contributed by atoms with van der Waals surface area (Å²) in [6.45, 7) is 0. The van der Waals surface area contributed by atoms with Crippen LogP contribution in [0, 0.1) is 5.82 Å². The molecule has 0 bridgehead atoms. The van der Waals surface area contributed by atoms with Gasteiger partial charge in [-0.15, -0.1) is 0 Å². The number of carbonyl (C=O) groups is 1. The Morgan fingerprint density at radius 2 is 1.86 bits per heavy atom. The maximum Gasteiger partial charge on any atom is 0.237 e. The first-order valence-electron chi connectivity index (χ1n) is 7.20. The molecule has 0 aliphatic heterocycles. The van der Waals surface area contributed by atoms with Crippen LogP contribution in [0.15, 0.2) is 48.5 Å². The first-order valence-corrected chi connectivity index (χ1v) is 7.20. The molecule has 110 valence electrons. The molecule has 1 heterocycles. The van der Waals surface area contributed by atoms with E-state index in [0.717, 1.165) is 29.4 Å². The van der Waals surface area contributed by atoms with E-state index in [1.807, 2.05) is 24.3 Å². The fraction of sp³-hybridized carbons (Fsp3) is 0.176. The summed E-state index contributed by atoms with van der Waals surface area (Å²) in [6.07, 6.45) is 1.54. The number of aromatic amines is 1. The molecule has 4 rings (SSSR count). The topological polar surface area (TPSA) is 57.8 Å². The summed E-state index contributed by atoms with van der Waals surface area (Å²) < 4.78 is 13.0. The average molecular weight is 295 g/mol. The van der Waals surface area contributed by atoms with Crippen molar-refractivity contribution in [1.29, 1.82) is 0 Å². The second-order valence-electron chi connectivity index (χ2n) is 5.65. The van der Waals surface area contributed by atoms with Crippen molar-refractivity contribution in [1.82, 2.24) is 9.97 Å². The van der Waals surface area contributed by atoms with E-state index in [9.17, 15) is 9.18 Å². The van der Waals surface area contributed by atoms with Gasteiger partial charge in [-0.25, -0.2) is 9.37 Å². The van der Waals surface area contributed by atoms with Gasteiger partial charge in [-0.05, 0) is 42.7 Å². The molecular weight excluding hydrogens is 281 g/mol. The minimum Gasteiger partial charge on any atom is -0.324 e. The molecule has 4 nitrogen and oxygen atoms in total. The Labute approximate surface area is 126 Å². The van der Waals surface area contributed by atoms with E-state index in [0.29, 0.717) is 5.95 Å². The summed E-state index contributed by atoms with van der Waals surface area (Å²) in [4.78, 5) is 20.0. The summed E-state index contributed by atoms with van der Waals surface area (Å²) in [5.41, 5.74) is 1.99. The quantitative estimate of drug-likeness (QED) is 0.778. The van der Waals surface area contributed by atoms with Crippen LogP contribution in [-0.2, 0) is 10.2 Å². The minimum absolute atomic E-state index is 0.0989. The highest BCUT2D eigenvalue weighted by Crippen LogP contribution is 2.48. The maximum atomic E-state index is 13.0. The molecule has 1 aliphatic rings. The van der Waals surface area contributed by atoms with Gasteiger partial charge in [-0.3, -0.25) is 10.1 Å². The van der Waals surface area contributed by atoms with Gasteiger partial charge in [-0.2, -0.15) is 0 Å². The van der Waals surface area contributed by atoms with Gasteiger partial charge < -0.3 is 4.98 Å². The SMILES string of the molecule is O=C(Nc1nc2ccccc2[nH]1)C1(c2ccc(F)cc2)CC1. The van der Waals surface area contributed by atoms with Crippen molar-refractivity contribution in [2.45, 2.75) is 18.3 Å². The van der Waals surface area contributed by atoms with Crippen molar-refractivity contribution >= 4 is 22.9 Å². The van der Waals surface area contributed by atoms with Gasteiger partial charge in [0.25, 0.3) is 0 Å². The first-order chi connectivity index (χ1) is 10.7. The van der Waals surface area contributed by atoms with Crippen LogP contribution >= 0.6 is 0 Å². The lowest BCUT2D eigenvalue weighted by Gasteiger charge is -2.14. The lowest BCUT2D eigenvalue weighted by Crippen LogP contribution is -2.28. The van der Waals surface area contributed by atoms with E-state index in [-0.39, 0.29) is 11.7 Å². The van der Waals surface area contributed by atoms with Crippen molar-refractivity contribution in [3.63, 3.8) is 0 Å². The molecule has 3 aromatic rings. The summed E-state index contributed by atoms with van der Waals surface area (Å²) >= 11 is 0. The smallest absolute Gasteiger partial charge is 0.237 e. The number of H-pyrrole nitrogens is 1. The Kier molecular flexibility index (Phi) is 2.76. The van der Waals surface area contributed by atoms with Crippen molar-refractivity contribution in [2.24, 2.45) is 0 Å². The van der Waals surface area contributed by atoms with Crippen LogP contribution in [0.4, 0.5) is 10.3 Å². The fourth-order valence-corrected chi connectivity index (χ4v) is 2.78. The largest absolute Gasteiger partial charge is 0.324 e. The number of imidazole rings is 1. The molecule has 1 saturated carbocycles. The number of carbonyl (C=O) groups excluding carboxylic acids is 1. The molecule has 5 heteroatoms. The van der Waals surface area contributed by atoms with E-state index in [2.05, 4.69) is 15.3 Å². The van der Waals surface area contributed by atoms with E-state index in [1.54, 1.807) is 12.1 Å². The van der Waals surface area contributed by atoms with Crippen LogP contribution in [0.2, 0.25) is 0 Å². The number of para-hydroxylation sites is 2. The zero-order valence-electron chi connectivity index (χ0n) is 11.8. The molecule has 1 fully saturated rings. The molecular formula is C17H14FN3O. The van der Waals surface area contributed by atoms with E-state index >= 15 is 0 Å². The number of aromatic nitrogens is 2. The lowest BCUT2D eigenvalue weighted by atomic mass is 9.95. The minimum atomic E-state index is -0.549. The zero-order chi connectivity index (χ0) is 15.2. The van der Waals surface area contributed by atoms with Gasteiger partial charge in [0.1, 0.15) is 5.82 Å². The van der Waals surface area contributed by atoms with Crippen molar-refractivity contribution in [3.05, 3.63) is 59.9 Å². The molecule has 22 heavy (non-hydrogen) atoms. The third-order valence-corrected chi connectivity index (χ3v) is 4.20. The number of nitrogens with zero attached hydrogens (tertiary/aromatic N) is 1. The highest BCUT2D eigenvalue weighted by molar-refractivity contribution is 6.01. The second kappa shape index (κ2) is 4.66. The summed E-state index contributed by atoms with van der Waals surface area (Å²) in [5, 5.41) is 2.85. The molecule has 1 aromatic heterocycles. The fourth-order valence-electron chi connectivity index (χ4n) is 2.78. The number of nitrogens with one attached hydrogen (secondary N) is 2. The van der Waals surface area contributed by atoms with Crippen molar-refractivity contribution in [3.8, 4) is 0 Å². The van der Waals surface area contributed by atoms with Crippen LogP contribution in [0.25, 0.3) is 11.0 Å². The van der Waals surface area contributed by atoms with Crippen LogP contribution in [0.1, 0.15) is 18.4 Å². The zero-order valence-corrected chi connectivity index (χ0v) is 11.8. The highest BCUT2D eigenvalue weighted by atomic mass is 19.1. The van der Waals surface area contributed by atoms with Crippen LogP contribution in [0.3, 0.4) is 0 Å². The number of amides is 1. The van der Waals surface area contributed by atoms with Gasteiger partial charge in [0.15, 0.2) is 0 Å². The number of rotatable bonds is 3. The summed E-state index contributed by atoms with van der Waals surface area (Å²) in [7, 11) is 0. The Morgan fingerprint density at radius 1 is 1.14 bits per heavy atom. The highest BCUT2D eigenvalue weighted by Gasteiger charge is 2.51. The maximum absolute atomic E-state index is 13.0. The van der Waals surface area contributed by atoms with Crippen LogP contribution in [0.5, 0.6) is 0 Å². The van der Waals surface area contributed by atoms with Gasteiger partial charge in [-0.1, -0.05) is 24.3 Å². The summed E-state index contributed by atoms with van der Waals surface area (Å²) in [5.74, 6) is 0.0509. The predicted molar refractivity (Wildman–Crippen MR) is 82.0 cm³/mol. The average Bonchev–Trinajstić information content (AvgIpc) is 3.23. The first kappa shape index (κ1) is 13.0. The third-order valence-electron chi connectivity index (χ3n) is 4.20. The molecule has 2 aromatic carbocycles. The predicted octanol–water partition coefficient (Wildman–Crippen LogP) is 3.37. The molecule has 0 radical (unpaired) electrons. The normalized spacial score (nSPS) is 15.7. The molecule has 0 atom stereocenters. The van der Waals surface area contributed by atoms with Gasteiger partial charge in [0.2, 0.25) is 11.9 Å². The monoisotopic (exact) mass is 295 g/mol. The van der Waals surface area contributed by atoms with Gasteiger partial charge in [0, 0.05) is 0 Å². The van der Waals surface area contributed by atoms with Crippen molar-refractivity contribution in [2.75, 3.05) is 5.32 Å². The molecule has 0 saturated heterocycles. The number of hydrogen-bond acceptors (Lipinski definition) is 2. The number of halogens is 1. The van der Waals surface area contributed by atoms with E-state index < -0.39 is 5.41 Å². The second-order valence-corrected chi connectivity index (χ2v) is 5.65. The lowest BCUT2D eigenvalue weighted by molar-refractivity contribution is -0.118. The van der Waals surface area contributed by atoms with Crippen LogP contribution < -0.4 is 5.32 Å². The van der Waals surface area contributed by atoms with Gasteiger partial charge in [0.05, 0.1) is 16.4 Å². The Hall–Kier alpha value is -2.69. The number of fused-ring (bicyclic) bond motifs is 1. The molecule has 1 amide bonds. The Bertz CT molecular complexity index is 817. The summed E-state index contributed by atoms with van der Waals surface area (Å²) in [6, 6.07) is 13.7. The van der Waals surface area contributed by atoms with E-state index in [4.69, 9.17) is 0 Å². The molecule has 0 spiro atoms. The van der Waals surface area contributed by atoms with E-state index in [1.165, 1.54) is 12.1 Å². The molecule has 2 N–H and O–H groups in total. The Balaban J connectivity index is 1.60. The number of anilines is 1. The van der Waals surface area contributed by atoms with Crippen molar-refractivity contribution < 1.29 is 9.18 Å². The standard InChI is InChI=1S/C17H14FN3O/c18-12-7-5-11(6-8-12)17(9-10-17)15(22)21-16-19-13-3-1-2-4-14(13)20-16/h1-8H,9-10H2,(H2,19,20,21,22). The Morgan fingerprint density at radius 3 is 2.55 bits per heavy atom. The van der Waals surface area contributed by atoms with Crippen LogP contribution in [-0.4, -0.2) is 15.9 Å². The number of hydrogen-bond donors (Lipinski definition) is 2.